The summed E-state index contributed by atoms with van der Waals surface area (Å²) in [5, 5.41) is 6.57. The molecule has 0 fully saturated rings. The van der Waals surface area contributed by atoms with Crippen LogP contribution in [0.2, 0.25) is 5.02 Å². The van der Waals surface area contributed by atoms with Crippen molar-refractivity contribution >= 4 is 17.3 Å². The maximum absolute atomic E-state index is 11.8. The van der Waals surface area contributed by atoms with Crippen molar-refractivity contribution in [3.05, 3.63) is 21.6 Å². The molecule has 1 heterocycles. The first kappa shape index (κ1) is 16.8. The van der Waals surface area contributed by atoms with Crippen molar-refractivity contribution in [2.24, 2.45) is 0 Å². The number of hydrogen-bond donors (Lipinski definition) is 1. The summed E-state index contributed by atoms with van der Waals surface area (Å²) in [5.41, 5.74) is -0.188. The van der Waals surface area contributed by atoms with E-state index in [2.05, 4.69) is 15.2 Å². The number of hydrogen-bond acceptors (Lipinski definition) is 4. The van der Waals surface area contributed by atoms with Gasteiger partial charge in [-0.3, -0.25) is 4.79 Å². The maximum atomic E-state index is 11.8. The Morgan fingerprint density at radius 3 is 2.70 bits per heavy atom. The maximum Gasteiger partial charge on any atom is 0.411 e. The summed E-state index contributed by atoms with van der Waals surface area (Å²) in [6.07, 6.45) is -3.00. The van der Waals surface area contributed by atoms with Crippen LogP contribution in [0.25, 0.3) is 0 Å². The number of nitrogens with zero attached hydrogens (tertiary/aromatic N) is 2. The van der Waals surface area contributed by atoms with Gasteiger partial charge in [0.2, 0.25) is 0 Å². The molecule has 1 aromatic heterocycles. The van der Waals surface area contributed by atoms with Gasteiger partial charge in [-0.1, -0.05) is 11.6 Å². The number of anilines is 1. The molecule has 0 bridgehead atoms. The second kappa shape index (κ2) is 6.94. The van der Waals surface area contributed by atoms with Crippen LogP contribution in [0, 0.1) is 0 Å². The summed E-state index contributed by atoms with van der Waals surface area (Å²) < 4.78 is 41.1. The van der Waals surface area contributed by atoms with Crippen LogP contribution in [0.15, 0.2) is 11.0 Å². The Hall–Kier alpha value is -1.28. The normalized spacial score (nSPS) is 11.9. The fourth-order valence-electron chi connectivity index (χ4n) is 1.38. The predicted molar refractivity (Wildman–Crippen MR) is 69.3 cm³/mol. The average molecular weight is 314 g/mol. The van der Waals surface area contributed by atoms with Crippen molar-refractivity contribution in [2.75, 3.05) is 25.1 Å². The van der Waals surface area contributed by atoms with Gasteiger partial charge in [0.25, 0.3) is 5.56 Å². The molecular weight excluding hydrogens is 299 g/mol. The molecule has 1 rings (SSSR count). The van der Waals surface area contributed by atoms with Crippen LogP contribution in [-0.4, -0.2) is 35.7 Å². The van der Waals surface area contributed by atoms with Crippen molar-refractivity contribution in [1.29, 1.82) is 0 Å². The molecule has 5 nitrogen and oxygen atoms in total. The number of halogens is 4. The van der Waals surface area contributed by atoms with Crippen LogP contribution in [-0.2, 0) is 4.74 Å². The van der Waals surface area contributed by atoms with E-state index >= 15 is 0 Å². The molecular formula is C11H15ClF3N3O2. The molecule has 9 heteroatoms. The largest absolute Gasteiger partial charge is 0.411 e. The summed E-state index contributed by atoms with van der Waals surface area (Å²) in [6, 6.07) is -0.135. The van der Waals surface area contributed by atoms with E-state index in [0.717, 1.165) is 0 Å². The molecule has 0 amide bonds. The summed E-state index contributed by atoms with van der Waals surface area (Å²) in [5.74, 6) is 0. The Morgan fingerprint density at radius 2 is 2.15 bits per heavy atom. The van der Waals surface area contributed by atoms with E-state index in [1.54, 1.807) is 13.8 Å². The zero-order valence-corrected chi connectivity index (χ0v) is 11.8. The van der Waals surface area contributed by atoms with Crippen LogP contribution in [0.5, 0.6) is 0 Å². The molecule has 0 aliphatic carbocycles. The first-order valence-electron chi connectivity index (χ1n) is 5.88. The van der Waals surface area contributed by atoms with Gasteiger partial charge >= 0.3 is 6.18 Å². The van der Waals surface area contributed by atoms with Crippen molar-refractivity contribution in [2.45, 2.75) is 26.1 Å². The second-order valence-electron chi connectivity index (χ2n) is 4.31. The fourth-order valence-corrected chi connectivity index (χ4v) is 1.58. The van der Waals surface area contributed by atoms with Crippen LogP contribution >= 0.6 is 11.6 Å². The Labute approximate surface area is 118 Å². The molecule has 0 saturated heterocycles. The van der Waals surface area contributed by atoms with E-state index in [4.69, 9.17) is 11.6 Å². The Balaban J connectivity index is 2.54. The van der Waals surface area contributed by atoms with Gasteiger partial charge in [0.05, 0.1) is 24.5 Å². The first-order chi connectivity index (χ1) is 9.22. The number of nitrogens with one attached hydrogen (secondary N) is 1. The molecule has 0 aliphatic rings. The third kappa shape index (κ3) is 5.01. The summed E-state index contributed by atoms with van der Waals surface area (Å²) in [4.78, 5) is 11.8. The van der Waals surface area contributed by atoms with Gasteiger partial charge in [-0.2, -0.15) is 18.3 Å². The molecule has 1 aromatic rings. The number of alkyl halides is 3. The summed E-state index contributed by atoms with van der Waals surface area (Å²) in [7, 11) is 0. The van der Waals surface area contributed by atoms with E-state index in [1.807, 2.05) is 0 Å². The smallest absolute Gasteiger partial charge is 0.380 e. The molecule has 0 unspecified atom stereocenters. The fraction of sp³-hybridized carbons (Fsp3) is 0.636. The van der Waals surface area contributed by atoms with Gasteiger partial charge in [0.15, 0.2) is 0 Å². The zero-order valence-electron chi connectivity index (χ0n) is 11.0. The van der Waals surface area contributed by atoms with Crippen LogP contribution < -0.4 is 10.9 Å². The highest BCUT2D eigenvalue weighted by molar-refractivity contribution is 6.32. The highest BCUT2D eigenvalue weighted by atomic mass is 35.5. The van der Waals surface area contributed by atoms with Crippen LogP contribution in [0.3, 0.4) is 0 Å². The molecule has 0 radical (unpaired) electrons. The molecule has 0 aromatic carbocycles. The lowest BCUT2D eigenvalue weighted by Crippen LogP contribution is -2.26. The number of ether oxygens (including phenoxy) is 1. The Kier molecular flexibility index (Phi) is 5.82. The monoisotopic (exact) mass is 313 g/mol. The minimum Gasteiger partial charge on any atom is -0.380 e. The van der Waals surface area contributed by atoms with Crippen molar-refractivity contribution in [3.8, 4) is 0 Å². The highest BCUT2D eigenvalue weighted by Gasteiger charge is 2.27. The average Bonchev–Trinajstić information content (AvgIpc) is 2.32. The third-order valence-electron chi connectivity index (χ3n) is 2.26. The minimum atomic E-state index is -4.35. The molecule has 1 N–H and O–H groups in total. The van der Waals surface area contributed by atoms with E-state index in [9.17, 15) is 18.0 Å². The van der Waals surface area contributed by atoms with Crippen molar-refractivity contribution in [3.63, 3.8) is 0 Å². The van der Waals surface area contributed by atoms with Crippen LogP contribution in [0.4, 0.5) is 18.9 Å². The van der Waals surface area contributed by atoms with Gasteiger partial charge in [-0.15, -0.1) is 0 Å². The first-order valence-corrected chi connectivity index (χ1v) is 6.26. The van der Waals surface area contributed by atoms with Gasteiger partial charge in [0, 0.05) is 6.54 Å². The summed E-state index contributed by atoms with van der Waals surface area (Å²) >= 11 is 5.87. The standard InChI is InChI=1S/C11H15ClF3N3O2/c1-7(2)18-10(19)9(12)8(5-17-18)16-3-4-20-6-11(13,14)15/h5,7,16H,3-4,6H2,1-2H3. The lowest BCUT2D eigenvalue weighted by molar-refractivity contribution is -0.172. The minimum absolute atomic E-state index is 0.0514. The van der Waals surface area contributed by atoms with Crippen LogP contribution in [0.1, 0.15) is 19.9 Å². The van der Waals surface area contributed by atoms with E-state index < -0.39 is 18.3 Å². The molecule has 0 aliphatic heterocycles. The van der Waals surface area contributed by atoms with E-state index in [-0.39, 0.29) is 29.9 Å². The Bertz CT molecular complexity index is 503. The molecule has 0 spiro atoms. The molecule has 20 heavy (non-hydrogen) atoms. The van der Waals surface area contributed by atoms with Gasteiger partial charge in [-0.25, -0.2) is 4.68 Å². The van der Waals surface area contributed by atoms with Gasteiger partial charge in [0.1, 0.15) is 11.6 Å². The number of rotatable bonds is 6. The second-order valence-corrected chi connectivity index (χ2v) is 4.69. The zero-order chi connectivity index (χ0) is 15.3. The molecule has 114 valence electrons. The van der Waals surface area contributed by atoms with Crippen molar-refractivity contribution < 1.29 is 17.9 Å². The lowest BCUT2D eigenvalue weighted by atomic mass is 10.4. The van der Waals surface area contributed by atoms with Gasteiger partial charge < -0.3 is 10.1 Å². The van der Waals surface area contributed by atoms with Crippen molar-refractivity contribution in [1.82, 2.24) is 9.78 Å². The number of aromatic nitrogens is 2. The Morgan fingerprint density at radius 1 is 1.50 bits per heavy atom. The topological polar surface area (TPSA) is 56.1 Å². The van der Waals surface area contributed by atoms with Gasteiger partial charge in [-0.05, 0) is 13.8 Å². The molecule has 0 atom stereocenters. The quantitative estimate of drug-likeness (QED) is 0.820. The highest BCUT2D eigenvalue weighted by Crippen LogP contribution is 2.16. The van der Waals surface area contributed by atoms with E-state index in [0.29, 0.717) is 0 Å². The van der Waals surface area contributed by atoms with E-state index in [1.165, 1.54) is 10.9 Å². The summed E-state index contributed by atoms with van der Waals surface area (Å²) in [6.45, 7) is 2.17. The lowest BCUT2D eigenvalue weighted by Gasteiger charge is -2.12. The third-order valence-corrected chi connectivity index (χ3v) is 2.63. The SMILES string of the molecule is CC(C)n1ncc(NCCOCC(F)(F)F)c(Cl)c1=O. The predicted octanol–water partition coefficient (Wildman–Crippen LogP) is 2.47. The molecule has 0 saturated carbocycles.